The van der Waals surface area contributed by atoms with Crippen molar-refractivity contribution in [3.63, 3.8) is 0 Å². The molecule has 0 bridgehead atoms. The number of rotatable bonds is 3. The molecule has 0 radical (unpaired) electrons. The van der Waals surface area contributed by atoms with Gasteiger partial charge >= 0.3 is 0 Å². The Balaban J connectivity index is 2.39. The molecule has 0 fully saturated rings. The van der Waals surface area contributed by atoms with E-state index in [1.54, 1.807) is 19.1 Å². The van der Waals surface area contributed by atoms with Gasteiger partial charge in [-0.2, -0.15) is 0 Å². The number of hydrogen-bond acceptors (Lipinski definition) is 1. The summed E-state index contributed by atoms with van der Waals surface area (Å²) in [5.74, 6) is -0.905. The van der Waals surface area contributed by atoms with Gasteiger partial charge in [0.15, 0.2) is 0 Å². The third-order valence-corrected chi connectivity index (χ3v) is 2.88. The highest BCUT2D eigenvalue weighted by Crippen LogP contribution is 2.17. The lowest BCUT2D eigenvalue weighted by atomic mass is 10.0. The Bertz CT molecular complexity index is 619. The predicted molar refractivity (Wildman–Crippen MR) is 65.6 cm³/mol. The summed E-state index contributed by atoms with van der Waals surface area (Å²) >= 11 is 0. The van der Waals surface area contributed by atoms with Gasteiger partial charge in [-0.05, 0) is 35.7 Å². The van der Waals surface area contributed by atoms with Crippen LogP contribution in [0.4, 0.5) is 8.78 Å². The second-order valence-electron chi connectivity index (χ2n) is 4.09. The minimum atomic E-state index is -0.475. The normalized spacial score (nSPS) is 10.6. The number of pyridine rings is 1. The lowest BCUT2D eigenvalue weighted by Crippen LogP contribution is -2.12. The smallest absolute Gasteiger partial charge is 0.251 e. The van der Waals surface area contributed by atoms with Gasteiger partial charge in [0.05, 0.1) is 0 Å². The van der Waals surface area contributed by atoms with Crippen LogP contribution in [0.3, 0.4) is 0 Å². The molecule has 2 nitrogen and oxygen atoms in total. The van der Waals surface area contributed by atoms with Gasteiger partial charge in [-0.1, -0.05) is 13.0 Å². The van der Waals surface area contributed by atoms with Gasteiger partial charge in [-0.25, -0.2) is 8.78 Å². The van der Waals surface area contributed by atoms with Crippen molar-refractivity contribution in [3.05, 3.63) is 69.1 Å². The molecule has 0 saturated heterocycles. The van der Waals surface area contributed by atoms with Crippen LogP contribution in [0.5, 0.6) is 0 Å². The Morgan fingerprint density at radius 1 is 1.11 bits per heavy atom. The quantitative estimate of drug-likeness (QED) is 0.891. The van der Waals surface area contributed by atoms with Crippen LogP contribution in [0, 0.1) is 11.6 Å². The topological polar surface area (TPSA) is 32.9 Å². The fourth-order valence-corrected chi connectivity index (χ4v) is 1.84. The minimum absolute atomic E-state index is 0.0862. The molecular weight excluding hydrogens is 236 g/mol. The van der Waals surface area contributed by atoms with Crippen molar-refractivity contribution < 1.29 is 8.78 Å². The van der Waals surface area contributed by atoms with Gasteiger partial charge in [-0.15, -0.1) is 0 Å². The lowest BCUT2D eigenvalue weighted by molar-refractivity contribution is 0.577. The number of aromatic nitrogens is 1. The predicted octanol–water partition coefficient (Wildman–Crippen LogP) is 2.81. The first-order valence-corrected chi connectivity index (χ1v) is 5.75. The Morgan fingerprint density at radius 2 is 1.78 bits per heavy atom. The van der Waals surface area contributed by atoms with E-state index in [1.165, 1.54) is 18.3 Å². The maximum absolute atomic E-state index is 13.8. The number of aryl methyl sites for hydroxylation is 1. The summed E-state index contributed by atoms with van der Waals surface area (Å²) in [6, 6.07) is 5.62. The highest BCUT2D eigenvalue weighted by atomic mass is 19.1. The number of nitrogens with one attached hydrogen (secondary N) is 1. The van der Waals surface area contributed by atoms with Gasteiger partial charge in [-0.3, -0.25) is 4.79 Å². The monoisotopic (exact) mass is 249 g/mol. The summed E-state index contributed by atoms with van der Waals surface area (Å²) in [7, 11) is 0. The molecule has 0 spiro atoms. The summed E-state index contributed by atoms with van der Waals surface area (Å²) in [6.07, 6.45) is 2.03. The molecule has 1 aromatic carbocycles. The van der Waals surface area contributed by atoms with Crippen LogP contribution >= 0.6 is 0 Å². The standard InChI is InChI=1S/C14H13F2NO/c1-2-9-7-13(16)11(8-12(9)15)6-10-4-3-5-17-14(10)18/h3-5,7-8H,2,6H2,1H3,(H,17,18). The second-order valence-corrected chi connectivity index (χ2v) is 4.09. The molecule has 2 aromatic rings. The van der Waals surface area contributed by atoms with E-state index in [9.17, 15) is 13.6 Å². The van der Waals surface area contributed by atoms with Gasteiger partial charge in [0, 0.05) is 18.2 Å². The van der Waals surface area contributed by atoms with Gasteiger partial charge < -0.3 is 4.98 Å². The maximum atomic E-state index is 13.8. The Morgan fingerprint density at radius 3 is 2.44 bits per heavy atom. The molecule has 94 valence electrons. The fraction of sp³-hybridized carbons (Fsp3) is 0.214. The van der Waals surface area contributed by atoms with Crippen LogP contribution in [0.25, 0.3) is 0 Å². The molecule has 0 amide bonds. The van der Waals surface area contributed by atoms with Crippen LogP contribution in [0.15, 0.2) is 35.3 Å². The second kappa shape index (κ2) is 5.12. The molecule has 2 rings (SSSR count). The van der Waals surface area contributed by atoms with Crippen molar-refractivity contribution in [1.29, 1.82) is 0 Å². The van der Waals surface area contributed by atoms with E-state index in [1.807, 2.05) is 0 Å². The van der Waals surface area contributed by atoms with Gasteiger partial charge in [0.2, 0.25) is 0 Å². The lowest BCUT2D eigenvalue weighted by Gasteiger charge is -2.06. The van der Waals surface area contributed by atoms with Crippen LogP contribution in [0.2, 0.25) is 0 Å². The largest absolute Gasteiger partial charge is 0.329 e. The molecule has 0 aliphatic rings. The summed E-state index contributed by atoms with van der Waals surface area (Å²) in [5, 5.41) is 0. The first-order valence-electron chi connectivity index (χ1n) is 5.75. The highest BCUT2D eigenvalue weighted by Gasteiger charge is 2.10. The first-order chi connectivity index (χ1) is 8.61. The molecule has 18 heavy (non-hydrogen) atoms. The van der Waals surface area contributed by atoms with E-state index in [2.05, 4.69) is 4.98 Å². The molecular formula is C14H13F2NO. The van der Waals surface area contributed by atoms with E-state index in [0.717, 1.165) is 0 Å². The number of halogens is 2. The zero-order valence-electron chi connectivity index (χ0n) is 9.97. The van der Waals surface area contributed by atoms with Crippen LogP contribution in [-0.2, 0) is 12.8 Å². The Hall–Kier alpha value is -1.97. The highest BCUT2D eigenvalue weighted by molar-refractivity contribution is 5.30. The van der Waals surface area contributed by atoms with E-state index >= 15 is 0 Å². The third kappa shape index (κ3) is 2.47. The molecule has 1 heterocycles. The van der Waals surface area contributed by atoms with Crippen LogP contribution < -0.4 is 5.56 Å². The van der Waals surface area contributed by atoms with Crippen molar-refractivity contribution >= 4 is 0 Å². The first kappa shape index (κ1) is 12.5. The molecule has 1 aromatic heterocycles. The fourth-order valence-electron chi connectivity index (χ4n) is 1.84. The molecule has 0 saturated carbocycles. The van der Waals surface area contributed by atoms with Gasteiger partial charge in [0.25, 0.3) is 5.56 Å². The number of H-pyrrole nitrogens is 1. The summed E-state index contributed by atoms with van der Waals surface area (Å²) < 4.78 is 27.3. The zero-order valence-corrected chi connectivity index (χ0v) is 9.97. The zero-order chi connectivity index (χ0) is 13.1. The molecule has 0 unspecified atom stereocenters. The summed E-state index contributed by atoms with van der Waals surface area (Å²) in [4.78, 5) is 14.0. The van der Waals surface area contributed by atoms with Crippen molar-refractivity contribution in [2.45, 2.75) is 19.8 Å². The van der Waals surface area contributed by atoms with Crippen molar-refractivity contribution in [2.75, 3.05) is 0 Å². The van der Waals surface area contributed by atoms with E-state index in [4.69, 9.17) is 0 Å². The SMILES string of the molecule is CCc1cc(F)c(Cc2ccc[nH]c2=O)cc1F. The Labute approximate surface area is 103 Å². The average molecular weight is 249 g/mol. The van der Waals surface area contributed by atoms with Crippen molar-refractivity contribution in [1.82, 2.24) is 4.98 Å². The van der Waals surface area contributed by atoms with Crippen molar-refractivity contribution in [2.24, 2.45) is 0 Å². The molecule has 0 aliphatic carbocycles. The number of hydrogen-bond donors (Lipinski definition) is 1. The van der Waals surface area contributed by atoms with Crippen molar-refractivity contribution in [3.8, 4) is 0 Å². The van der Waals surface area contributed by atoms with Crippen LogP contribution in [0.1, 0.15) is 23.6 Å². The van der Waals surface area contributed by atoms with Gasteiger partial charge in [0.1, 0.15) is 11.6 Å². The molecule has 0 atom stereocenters. The average Bonchev–Trinajstić information content (AvgIpc) is 2.36. The van der Waals surface area contributed by atoms with E-state index < -0.39 is 11.6 Å². The molecule has 4 heteroatoms. The third-order valence-electron chi connectivity index (χ3n) is 2.88. The number of aromatic amines is 1. The maximum Gasteiger partial charge on any atom is 0.251 e. The Kier molecular flexibility index (Phi) is 3.55. The van der Waals surface area contributed by atoms with E-state index in [-0.39, 0.29) is 17.5 Å². The molecule has 0 aliphatic heterocycles. The van der Waals surface area contributed by atoms with E-state index in [0.29, 0.717) is 17.5 Å². The van der Waals surface area contributed by atoms with Crippen LogP contribution in [-0.4, -0.2) is 4.98 Å². The minimum Gasteiger partial charge on any atom is -0.329 e. The summed E-state index contributed by atoms with van der Waals surface area (Å²) in [6.45, 7) is 1.76. The number of benzene rings is 1. The molecule has 1 N–H and O–H groups in total. The summed E-state index contributed by atoms with van der Waals surface area (Å²) in [5.41, 5.74) is 0.677.